The van der Waals surface area contributed by atoms with Crippen LogP contribution in [-0.2, 0) is 11.2 Å². The maximum absolute atomic E-state index is 11.9. The van der Waals surface area contributed by atoms with E-state index in [1.54, 1.807) is 18.6 Å². The third kappa shape index (κ3) is 6.40. The van der Waals surface area contributed by atoms with Crippen LogP contribution in [0.5, 0.6) is 0 Å². The highest BCUT2D eigenvalue weighted by Gasteiger charge is 2.10. The summed E-state index contributed by atoms with van der Waals surface area (Å²) in [5.74, 6) is -0.293. The molecule has 1 N–H and O–H groups in total. The van der Waals surface area contributed by atoms with Crippen molar-refractivity contribution in [2.75, 3.05) is 19.6 Å². The summed E-state index contributed by atoms with van der Waals surface area (Å²) in [6.07, 6.45) is 7.97. The number of likely N-dealkylation sites (N-methyl/N-ethyl adjacent to an activating group) is 1. The van der Waals surface area contributed by atoms with E-state index in [1.165, 1.54) is 5.56 Å². The number of nitrogens with one attached hydrogen (secondary N) is 1. The largest absolute Gasteiger partial charge is 0.376 e. The van der Waals surface area contributed by atoms with Crippen LogP contribution in [0.3, 0.4) is 0 Å². The lowest BCUT2D eigenvalue weighted by molar-refractivity contribution is -0.117. The molecule has 0 fully saturated rings. The predicted octanol–water partition coefficient (Wildman–Crippen LogP) is 2.27. The standard InChI is InChI=1S/C17H24N4O/c1-3-5-9-20-17(22)16(13-18)14-21(4-2)12-8-15-6-10-19-11-7-15/h6-7,10-11,14H,3-5,8-9,12H2,1-2H3,(H,20,22)/b16-14-. The number of pyridine rings is 1. The minimum absolute atomic E-state index is 0.160. The molecule has 1 aromatic heterocycles. The number of amides is 1. The molecule has 0 aliphatic carbocycles. The molecule has 1 amide bonds. The fourth-order valence-corrected chi connectivity index (χ4v) is 1.93. The van der Waals surface area contributed by atoms with E-state index in [0.717, 1.165) is 32.4 Å². The van der Waals surface area contributed by atoms with Crippen LogP contribution in [-0.4, -0.2) is 35.4 Å². The third-order valence-corrected chi connectivity index (χ3v) is 3.34. The van der Waals surface area contributed by atoms with E-state index in [1.807, 2.05) is 30.0 Å². The second-order valence-electron chi connectivity index (χ2n) is 5.00. The van der Waals surface area contributed by atoms with Crippen LogP contribution in [0.25, 0.3) is 0 Å². The van der Waals surface area contributed by atoms with Gasteiger partial charge in [0, 0.05) is 38.2 Å². The molecule has 5 nitrogen and oxygen atoms in total. The Kier molecular flexibility index (Phi) is 8.36. The van der Waals surface area contributed by atoms with Crippen molar-refractivity contribution >= 4 is 5.91 Å². The molecule has 5 heteroatoms. The molecule has 118 valence electrons. The highest BCUT2D eigenvalue weighted by atomic mass is 16.1. The van der Waals surface area contributed by atoms with E-state index in [2.05, 4.69) is 17.2 Å². The summed E-state index contributed by atoms with van der Waals surface area (Å²) in [6.45, 7) is 6.18. The molecule has 0 aliphatic heterocycles. The number of unbranched alkanes of at least 4 members (excludes halogenated alkanes) is 1. The van der Waals surface area contributed by atoms with Crippen molar-refractivity contribution in [1.29, 1.82) is 5.26 Å². The first kappa shape index (κ1) is 17.7. The molecule has 1 heterocycles. The average molecular weight is 300 g/mol. The number of carbonyl (C=O) groups excluding carboxylic acids is 1. The minimum atomic E-state index is -0.293. The van der Waals surface area contributed by atoms with Crippen LogP contribution in [0.15, 0.2) is 36.3 Å². The zero-order valence-electron chi connectivity index (χ0n) is 13.4. The summed E-state index contributed by atoms with van der Waals surface area (Å²) in [6, 6.07) is 5.93. The lowest BCUT2D eigenvalue weighted by atomic mass is 10.2. The van der Waals surface area contributed by atoms with Crippen LogP contribution in [0.1, 0.15) is 32.3 Å². The van der Waals surface area contributed by atoms with Gasteiger partial charge in [-0.15, -0.1) is 0 Å². The fourth-order valence-electron chi connectivity index (χ4n) is 1.93. The van der Waals surface area contributed by atoms with Crippen LogP contribution in [0.2, 0.25) is 0 Å². The number of hydrogen-bond acceptors (Lipinski definition) is 4. The Morgan fingerprint density at radius 3 is 2.73 bits per heavy atom. The van der Waals surface area contributed by atoms with E-state index < -0.39 is 0 Å². The number of aromatic nitrogens is 1. The van der Waals surface area contributed by atoms with Gasteiger partial charge in [-0.25, -0.2) is 0 Å². The highest BCUT2D eigenvalue weighted by molar-refractivity contribution is 5.97. The number of carbonyl (C=O) groups is 1. The van der Waals surface area contributed by atoms with E-state index in [0.29, 0.717) is 6.54 Å². The Bertz CT molecular complexity index is 519. The van der Waals surface area contributed by atoms with Crippen molar-refractivity contribution < 1.29 is 4.79 Å². The number of nitriles is 1. The normalized spacial score (nSPS) is 10.9. The van der Waals surface area contributed by atoms with Crippen LogP contribution in [0, 0.1) is 11.3 Å². The molecule has 0 atom stereocenters. The Hall–Kier alpha value is -2.35. The summed E-state index contributed by atoms with van der Waals surface area (Å²) >= 11 is 0. The van der Waals surface area contributed by atoms with Gasteiger partial charge in [0.2, 0.25) is 0 Å². The Morgan fingerprint density at radius 2 is 2.14 bits per heavy atom. The SMILES string of the molecule is CCCCNC(=O)/C(C#N)=C\N(CC)CCc1ccncc1. The number of nitrogens with zero attached hydrogens (tertiary/aromatic N) is 3. The molecule has 0 aromatic carbocycles. The van der Waals surface area contributed by atoms with E-state index in [9.17, 15) is 4.79 Å². The molecule has 0 unspecified atom stereocenters. The summed E-state index contributed by atoms with van der Waals surface area (Å²) < 4.78 is 0. The van der Waals surface area contributed by atoms with Crippen molar-refractivity contribution in [2.24, 2.45) is 0 Å². The van der Waals surface area contributed by atoms with Crippen molar-refractivity contribution in [3.63, 3.8) is 0 Å². The monoisotopic (exact) mass is 300 g/mol. The van der Waals surface area contributed by atoms with Crippen LogP contribution >= 0.6 is 0 Å². The first-order valence-corrected chi connectivity index (χ1v) is 7.74. The molecule has 0 radical (unpaired) electrons. The molecule has 0 aliphatic rings. The van der Waals surface area contributed by atoms with E-state index in [4.69, 9.17) is 5.26 Å². The number of rotatable bonds is 9. The third-order valence-electron chi connectivity index (χ3n) is 3.34. The summed E-state index contributed by atoms with van der Waals surface area (Å²) in [5, 5.41) is 11.9. The Morgan fingerprint density at radius 1 is 1.41 bits per heavy atom. The zero-order chi connectivity index (χ0) is 16.2. The average Bonchev–Trinajstić information content (AvgIpc) is 2.56. The van der Waals surface area contributed by atoms with Gasteiger partial charge in [0.05, 0.1) is 0 Å². The van der Waals surface area contributed by atoms with Crippen molar-refractivity contribution in [3.05, 3.63) is 41.9 Å². The number of hydrogen-bond donors (Lipinski definition) is 1. The van der Waals surface area contributed by atoms with Gasteiger partial charge in [0.15, 0.2) is 0 Å². The molecular formula is C17H24N4O. The molecule has 1 aromatic rings. The fraction of sp³-hybridized carbons (Fsp3) is 0.471. The predicted molar refractivity (Wildman–Crippen MR) is 86.8 cm³/mol. The summed E-state index contributed by atoms with van der Waals surface area (Å²) in [4.78, 5) is 17.9. The van der Waals surface area contributed by atoms with Gasteiger partial charge < -0.3 is 10.2 Å². The molecule has 0 saturated heterocycles. The lowest BCUT2D eigenvalue weighted by Gasteiger charge is -2.18. The molecule has 0 bridgehead atoms. The van der Waals surface area contributed by atoms with Crippen LogP contribution in [0.4, 0.5) is 0 Å². The zero-order valence-corrected chi connectivity index (χ0v) is 13.4. The summed E-state index contributed by atoms with van der Waals surface area (Å²) in [7, 11) is 0. The van der Waals surface area contributed by atoms with Gasteiger partial charge in [-0.2, -0.15) is 5.26 Å². The second-order valence-corrected chi connectivity index (χ2v) is 5.00. The Balaban J connectivity index is 2.59. The maximum Gasteiger partial charge on any atom is 0.263 e. The van der Waals surface area contributed by atoms with Gasteiger partial charge in [0.25, 0.3) is 5.91 Å². The summed E-state index contributed by atoms with van der Waals surface area (Å²) in [5.41, 5.74) is 1.35. The van der Waals surface area contributed by atoms with Gasteiger partial charge in [-0.1, -0.05) is 13.3 Å². The van der Waals surface area contributed by atoms with Gasteiger partial charge in [0.1, 0.15) is 11.6 Å². The maximum atomic E-state index is 11.9. The second kappa shape index (κ2) is 10.4. The van der Waals surface area contributed by atoms with Gasteiger partial charge in [-0.3, -0.25) is 9.78 Å². The van der Waals surface area contributed by atoms with Crippen molar-refractivity contribution in [1.82, 2.24) is 15.2 Å². The first-order chi connectivity index (χ1) is 10.7. The lowest BCUT2D eigenvalue weighted by Crippen LogP contribution is -2.28. The molecule has 0 spiro atoms. The van der Waals surface area contributed by atoms with Gasteiger partial charge >= 0.3 is 0 Å². The molecule has 1 rings (SSSR count). The topological polar surface area (TPSA) is 69.0 Å². The van der Waals surface area contributed by atoms with E-state index >= 15 is 0 Å². The van der Waals surface area contributed by atoms with Crippen molar-refractivity contribution in [2.45, 2.75) is 33.1 Å². The minimum Gasteiger partial charge on any atom is -0.376 e. The molecular weight excluding hydrogens is 276 g/mol. The quantitative estimate of drug-likeness (QED) is 0.431. The highest BCUT2D eigenvalue weighted by Crippen LogP contribution is 2.03. The molecule has 22 heavy (non-hydrogen) atoms. The van der Waals surface area contributed by atoms with E-state index in [-0.39, 0.29) is 11.5 Å². The smallest absolute Gasteiger partial charge is 0.263 e. The van der Waals surface area contributed by atoms with Gasteiger partial charge in [-0.05, 0) is 37.5 Å². The van der Waals surface area contributed by atoms with Crippen LogP contribution < -0.4 is 5.32 Å². The molecule has 0 saturated carbocycles. The van der Waals surface area contributed by atoms with Crippen molar-refractivity contribution in [3.8, 4) is 6.07 Å². The Labute approximate surface area is 132 Å². The first-order valence-electron chi connectivity index (χ1n) is 7.74.